The van der Waals surface area contributed by atoms with Gasteiger partial charge in [-0.05, 0) is 52.2 Å². The van der Waals surface area contributed by atoms with Gasteiger partial charge in [-0.1, -0.05) is 88.9 Å². The second-order valence-electron chi connectivity index (χ2n) is 6.79. The van der Waals surface area contributed by atoms with Crippen molar-refractivity contribution in [3.63, 3.8) is 0 Å². The highest BCUT2D eigenvalue weighted by molar-refractivity contribution is 6.37. The summed E-state index contributed by atoms with van der Waals surface area (Å²) >= 11 is 25.1. The van der Waals surface area contributed by atoms with Crippen molar-refractivity contribution >= 4 is 62.9 Å². The average Bonchev–Trinajstić information content (AvgIpc) is 2.72. The van der Waals surface area contributed by atoms with Crippen molar-refractivity contribution in [2.75, 3.05) is 5.32 Å². The summed E-state index contributed by atoms with van der Waals surface area (Å²) < 4.78 is 5.99. The molecule has 4 aromatic carbocycles. The Labute approximate surface area is 195 Å². The summed E-state index contributed by atoms with van der Waals surface area (Å²) in [5.41, 5.74) is 2.77. The lowest BCUT2D eigenvalue weighted by Crippen LogP contribution is -2.02. The first-order valence-corrected chi connectivity index (χ1v) is 10.8. The molecule has 0 unspecified atom stereocenters. The van der Waals surface area contributed by atoms with Gasteiger partial charge >= 0.3 is 0 Å². The Morgan fingerprint density at radius 2 is 1.47 bits per heavy atom. The zero-order valence-electron chi connectivity index (χ0n) is 15.8. The van der Waals surface area contributed by atoms with Crippen LogP contribution in [-0.2, 0) is 13.2 Å². The zero-order chi connectivity index (χ0) is 21.1. The van der Waals surface area contributed by atoms with Gasteiger partial charge in [-0.15, -0.1) is 0 Å². The summed E-state index contributed by atoms with van der Waals surface area (Å²) in [4.78, 5) is 0. The average molecular weight is 477 g/mol. The summed E-state index contributed by atoms with van der Waals surface area (Å²) in [6.45, 7) is 0.878. The maximum atomic E-state index is 6.47. The first-order valence-electron chi connectivity index (χ1n) is 9.27. The molecule has 0 spiro atoms. The molecule has 0 bridgehead atoms. The Bertz CT molecular complexity index is 1180. The molecule has 4 aromatic rings. The normalized spacial score (nSPS) is 10.9. The Kier molecular flexibility index (Phi) is 6.60. The summed E-state index contributed by atoms with van der Waals surface area (Å²) in [6, 6.07) is 23.3. The van der Waals surface area contributed by atoms with Gasteiger partial charge in [0.15, 0.2) is 5.75 Å². The van der Waals surface area contributed by atoms with Crippen molar-refractivity contribution in [3.8, 4) is 5.75 Å². The molecule has 0 aliphatic rings. The molecule has 6 heteroatoms. The van der Waals surface area contributed by atoms with Crippen molar-refractivity contribution in [3.05, 3.63) is 104 Å². The minimum atomic E-state index is 0.374. The molecule has 0 amide bonds. The number of nitrogens with one attached hydrogen (secondary N) is 1. The van der Waals surface area contributed by atoms with Crippen LogP contribution in [0.5, 0.6) is 5.75 Å². The minimum Gasteiger partial charge on any atom is -0.486 e. The molecule has 2 nitrogen and oxygen atoms in total. The van der Waals surface area contributed by atoms with E-state index in [2.05, 4.69) is 23.5 Å². The number of anilines is 1. The van der Waals surface area contributed by atoms with Gasteiger partial charge in [-0.2, -0.15) is 0 Å². The van der Waals surface area contributed by atoms with Crippen LogP contribution in [0.25, 0.3) is 10.8 Å². The lowest BCUT2D eigenvalue weighted by molar-refractivity contribution is 0.308. The third-order valence-corrected chi connectivity index (χ3v) is 5.83. The number of hydrogen-bond donors (Lipinski definition) is 1. The SMILES string of the molecule is Clc1ccc(NCc2cc(Cl)c(OCc3cccc4ccccc34)c(Cl)c2)c(Cl)c1. The van der Waals surface area contributed by atoms with E-state index in [0.29, 0.717) is 39.0 Å². The molecule has 0 fully saturated rings. The van der Waals surface area contributed by atoms with Gasteiger partial charge < -0.3 is 10.1 Å². The highest BCUT2D eigenvalue weighted by atomic mass is 35.5. The fourth-order valence-electron chi connectivity index (χ4n) is 3.25. The van der Waals surface area contributed by atoms with E-state index in [-0.39, 0.29) is 0 Å². The van der Waals surface area contributed by atoms with Crippen LogP contribution >= 0.6 is 46.4 Å². The largest absolute Gasteiger partial charge is 0.486 e. The predicted molar refractivity (Wildman–Crippen MR) is 129 cm³/mol. The van der Waals surface area contributed by atoms with Crippen LogP contribution < -0.4 is 10.1 Å². The highest BCUT2D eigenvalue weighted by Crippen LogP contribution is 2.36. The van der Waals surface area contributed by atoms with Gasteiger partial charge in [0.1, 0.15) is 6.61 Å². The van der Waals surface area contributed by atoms with Crippen LogP contribution in [0.4, 0.5) is 5.69 Å². The molecule has 0 aliphatic carbocycles. The molecule has 0 saturated carbocycles. The third kappa shape index (κ3) is 4.79. The van der Waals surface area contributed by atoms with E-state index in [9.17, 15) is 0 Å². The van der Waals surface area contributed by atoms with E-state index in [1.165, 1.54) is 0 Å². The minimum absolute atomic E-state index is 0.374. The fraction of sp³-hybridized carbons (Fsp3) is 0.0833. The zero-order valence-corrected chi connectivity index (χ0v) is 18.8. The molecular weight excluding hydrogens is 460 g/mol. The van der Waals surface area contributed by atoms with Crippen molar-refractivity contribution in [1.29, 1.82) is 0 Å². The first-order chi connectivity index (χ1) is 14.5. The number of fused-ring (bicyclic) bond motifs is 1. The van der Waals surface area contributed by atoms with Crippen LogP contribution in [-0.4, -0.2) is 0 Å². The smallest absolute Gasteiger partial charge is 0.156 e. The van der Waals surface area contributed by atoms with Gasteiger partial charge in [-0.3, -0.25) is 0 Å². The van der Waals surface area contributed by atoms with E-state index < -0.39 is 0 Å². The van der Waals surface area contributed by atoms with E-state index >= 15 is 0 Å². The van der Waals surface area contributed by atoms with Crippen LogP contribution in [0.1, 0.15) is 11.1 Å². The van der Waals surface area contributed by atoms with Crippen molar-refractivity contribution < 1.29 is 4.74 Å². The molecule has 152 valence electrons. The number of benzene rings is 4. The lowest BCUT2D eigenvalue weighted by atomic mass is 10.1. The molecule has 1 N–H and O–H groups in total. The van der Waals surface area contributed by atoms with Gasteiger partial charge in [0.05, 0.1) is 20.8 Å². The molecule has 0 radical (unpaired) electrons. The number of halogens is 4. The number of ether oxygens (including phenoxy) is 1. The van der Waals surface area contributed by atoms with E-state index in [1.54, 1.807) is 12.1 Å². The highest BCUT2D eigenvalue weighted by Gasteiger charge is 2.12. The quantitative estimate of drug-likeness (QED) is 0.300. The molecule has 4 rings (SSSR count). The van der Waals surface area contributed by atoms with Crippen molar-refractivity contribution in [2.24, 2.45) is 0 Å². The Morgan fingerprint density at radius 3 is 2.23 bits per heavy atom. The van der Waals surface area contributed by atoms with Gasteiger partial charge in [0, 0.05) is 11.6 Å². The second-order valence-corrected chi connectivity index (χ2v) is 8.45. The summed E-state index contributed by atoms with van der Waals surface area (Å²) in [7, 11) is 0. The molecule has 0 atom stereocenters. The van der Waals surface area contributed by atoms with Gasteiger partial charge in [-0.25, -0.2) is 0 Å². The standard InChI is InChI=1S/C24H17Cl4NO/c25-18-8-9-23(20(26)12-18)29-13-15-10-21(27)24(22(28)11-15)30-14-17-6-3-5-16-4-1-2-7-19(16)17/h1-12,29H,13-14H2. The Hall–Kier alpha value is -2.10. The molecular formula is C24H17Cl4NO. The third-order valence-electron chi connectivity index (χ3n) is 4.72. The number of hydrogen-bond acceptors (Lipinski definition) is 2. The molecule has 0 heterocycles. The fourth-order valence-corrected chi connectivity index (χ4v) is 4.37. The molecule has 0 aliphatic heterocycles. The first kappa shape index (κ1) is 21.1. The van der Waals surface area contributed by atoms with Crippen LogP contribution in [0.15, 0.2) is 72.8 Å². The Morgan fingerprint density at radius 1 is 0.733 bits per heavy atom. The topological polar surface area (TPSA) is 21.3 Å². The van der Waals surface area contributed by atoms with Crippen LogP contribution in [0.2, 0.25) is 20.1 Å². The summed E-state index contributed by atoms with van der Waals surface area (Å²) in [5, 5.41) is 7.63. The van der Waals surface area contributed by atoms with Crippen molar-refractivity contribution in [1.82, 2.24) is 0 Å². The molecule has 0 aromatic heterocycles. The second kappa shape index (κ2) is 9.36. The lowest BCUT2D eigenvalue weighted by Gasteiger charge is -2.14. The maximum absolute atomic E-state index is 6.47. The summed E-state index contributed by atoms with van der Waals surface area (Å²) in [5.74, 6) is 0.472. The van der Waals surface area contributed by atoms with E-state index in [1.807, 2.05) is 42.5 Å². The van der Waals surface area contributed by atoms with Crippen molar-refractivity contribution in [2.45, 2.75) is 13.2 Å². The van der Waals surface area contributed by atoms with E-state index in [0.717, 1.165) is 27.6 Å². The maximum Gasteiger partial charge on any atom is 0.156 e. The van der Waals surface area contributed by atoms with Crippen LogP contribution in [0.3, 0.4) is 0 Å². The predicted octanol–water partition coefficient (Wildman–Crippen LogP) is 8.64. The molecule has 0 saturated heterocycles. The van der Waals surface area contributed by atoms with E-state index in [4.69, 9.17) is 51.1 Å². The number of rotatable bonds is 6. The molecule has 30 heavy (non-hydrogen) atoms. The Balaban J connectivity index is 1.48. The van der Waals surface area contributed by atoms with Crippen LogP contribution in [0, 0.1) is 0 Å². The summed E-state index contributed by atoms with van der Waals surface area (Å²) in [6.07, 6.45) is 0. The monoisotopic (exact) mass is 475 g/mol. The van der Waals surface area contributed by atoms with Gasteiger partial charge in [0.2, 0.25) is 0 Å². The van der Waals surface area contributed by atoms with Gasteiger partial charge in [0.25, 0.3) is 0 Å².